The molecule has 0 saturated heterocycles. The molecule has 0 spiro atoms. The molecule has 3 rings (SSSR count). The Morgan fingerprint density at radius 2 is 2.12 bits per heavy atom. The van der Waals surface area contributed by atoms with Crippen LogP contribution >= 0.6 is 0 Å². The molecule has 1 aromatic carbocycles. The first kappa shape index (κ1) is 17.0. The fraction of sp³-hybridized carbons (Fsp3) is 0.263. The molecule has 6 heteroatoms. The molecule has 1 unspecified atom stereocenters. The van der Waals surface area contributed by atoms with E-state index in [2.05, 4.69) is 0 Å². The normalized spacial score (nSPS) is 17.6. The molecule has 1 aliphatic heterocycles. The highest BCUT2D eigenvalue weighted by Crippen LogP contribution is 2.38. The highest BCUT2D eigenvalue weighted by Gasteiger charge is 2.32. The van der Waals surface area contributed by atoms with Gasteiger partial charge in [0.25, 0.3) is 0 Å². The Labute approximate surface area is 144 Å². The standard InChI is InChI=1S/C19H19NO5/c1-3-13-18(25-17(22)9-20)11(2)16(10-21)24-19(13)15-8-12-6-4-5-7-14(12)23-15/h4-8,10,16H,3,9,20H2,1-2H3. The molecule has 0 bridgehead atoms. The minimum Gasteiger partial charge on any atom is -0.474 e. The van der Waals surface area contributed by atoms with Crippen LogP contribution in [0.15, 0.2) is 51.7 Å². The van der Waals surface area contributed by atoms with E-state index in [1.54, 1.807) is 6.92 Å². The summed E-state index contributed by atoms with van der Waals surface area (Å²) >= 11 is 0. The monoisotopic (exact) mass is 341 g/mol. The fourth-order valence-corrected chi connectivity index (χ4v) is 2.81. The Hall–Kier alpha value is -2.86. The lowest BCUT2D eigenvalue weighted by molar-refractivity contribution is -0.138. The maximum atomic E-state index is 11.7. The van der Waals surface area contributed by atoms with E-state index in [9.17, 15) is 9.59 Å². The lowest BCUT2D eigenvalue weighted by Crippen LogP contribution is -2.26. The van der Waals surface area contributed by atoms with Crippen molar-refractivity contribution in [2.24, 2.45) is 5.73 Å². The smallest absolute Gasteiger partial charge is 0.325 e. The van der Waals surface area contributed by atoms with Crippen LogP contribution in [0.5, 0.6) is 0 Å². The molecule has 1 atom stereocenters. The van der Waals surface area contributed by atoms with Crippen LogP contribution in [0.1, 0.15) is 26.0 Å². The number of rotatable bonds is 5. The number of hydrogen-bond acceptors (Lipinski definition) is 6. The minimum atomic E-state index is -0.848. The highest BCUT2D eigenvalue weighted by molar-refractivity contribution is 5.83. The first-order chi connectivity index (χ1) is 12.1. The zero-order valence-electron chi connectivity index (χ0n) is 14.1. The Bertz CT molecular complexity index is 857. The first-order valence-electron chi connectivity index (χ1n) is 8.05. The molecule has 0 radical (unpaired) electrons. The molecule has 2 N–H and O–H groups in total. The van der Waals surface area contributed by atoms with Crippen molar-refractivity contribution in [3.8, 4) is 0 Å². The maximum Gasteiger partial charge on any atom is 0.325 e. The van der Waals surface area contributed by atoms with Gasteiger partial charge in [-0.25, -0.2) is 0 Å². The van der Waals surface area contributed by atoms with E-state index in [0.717, 1.165) is 5.39 Å². The number of ether oxygens (including phenoxy) is 2. The Kier molecular flexibility index (Phi) is 4.72. The van der Waals surface area contributed by atoms with Crippen LogP contribution in [0, 0.1) is 0 Å². The zero-order chi connectivity index (χ0) is 18.0. The number of nitrogens with two attached hydrogens (primary N) is 1. The van der Waals surface area contributed by atoms with Gasteiger partial charge in [-0.1, -0.05) is 25.1 Å². The Morgan fingerprint density at radius 3 is 2.76 bits per heavy atom. The summed E-state index contributed by atoms with van der Waals surface area (Å²) in [6.45, 7) is 3.36. The van der Waals surface area contributed by atoms with E-state index >= 15 is 0 Å². The number of benzene rings is 1. The summed E-state index contributed by atoms with van der Waals surface area (Å²) in [5.74, 6) is 0.646. The molecule has 2 aromatic rings. The number of aldehydes is 1. The molecular weight excluding hydrogens is 322 g/mol. The van der Waals surface area contributed by atoms with Gasteiger partial charge in [-0.05, 0) is 25.5 Å². The summed E-state index contributed by atoms with van der Waals surface area (Å²) in [4.78, 5) is 23.1. The van der Waals surface area contributed by atoms with E-state index in [1.807, 2.05) is 37.3 Å². The van der Waals surface area contributed by atoms with E-state index < -0.39 is 12.1 Å². The van der Waals surface area contributed by atoms with Crippen LogP contribution in [0.2, 0.25) is 0 Å². The Morgan fingerprint density at radius 1 is 1.36 bits per heavy atom. The van der Waals surface area contributed by atoms with Crippen LogP contribution in [-0.2, 0) is 19.1 Å². The van der Waals surface area contributed by atoms with Crippen LogP contribution in [-0.4, -0.2) is 24.9 Å². The van der Waals surface area contributed by atoms with Crippen molar-refractivity contribution >= 4 is 29.0 Å². The second kappa shape index (κ2) is 6.94. The van der Waals surface area contributed by atoms with E-state index in [-0.39, 0.29) is 6.54 Å². The van der Waals surface area contributed by atoms with Crippen molar-refractivity contribution in [3.63, 3.8) is 0 Å². The molecule has 0 amide bonds. The van der Waals surface area contributed by atoms with Crippen molar-refractivity contribution in [2.75, 3.05) is 6.54 Å². The number of hydrogen-bond donors (Lipinski definition) is 1. The van der Waals surface area contributed by atoms with Gasteiger partial charge in [0.05, 0.1) is 6.54 Å². The number of carbonyl (C=O) groups is 2. The number of carbonyl (C=O) groups excluding carboxylic acids is 2. The molecule has 25 heavy (non-hydrogen) atoms. The molecule has 0 aliphatic carbocycles. The lowest BCUT2D eigenvalue weighted by Gasteiger charge is -2.27. The SMILES string of the molecule is CCC1=C(c2cc3ccccc3o2)OC(C=O)C(C)=C1OC(=O)CN. The second-order valence-corrected chi connectivity index (χ2v) is 5.67. The average Bonchev–Trinajstić information content (AvgIpc) is 3.06. The summed E-state index contributed by atoms with van der Waals surface area (Å²) in [6, 6.07) is 9.39. The largest absolute Gasteiger partial charge is 0.474 e. The predicted octanol–water partition coefficient (Wildman–Crippen LogP) is 2.93. The molecule has 1 aliphatic rings. The van der Waals surface area contributed by atoms with Crippen molar-refractivity contribution < 1.29 is 23.5 Å². The lowest BCUT2D eigenvalue weighted by atomic mass is 9.98. The van der Waals surface area contributed by atoms with Gasteiger partial charge in [0, 0.05) is 16.5 Å². The Balaban J connectivity index is 2.15. The molecule has 6 nitrogen and oxygen atoms in total. The van der Waals surface area contributed by atoms with Gasteiger partial charge in [0.2, 0.25) is 0 Å². The number of esters is 1. The molecule has 2 heterocycles. The van der Waals surface area contributed by atoms with E-state index in [1.165, 1.54) is 0 Å². The summed E-state index contributed by atoms with van der Waals surface area (Å²) in [6.07, 6.45) is 0.350. The van der Waals surface area contributed by atoms with Gasteiger partial charge in [-0.15, -0.1) is 0 Å². The number of para-hydroxylation sites is 1. The summed E-state index contributed by atoms with van der Waals surface area (Å²) in [7, 11) is 0. The molecule has 0 saturated carbocycles. The number of fused-ring (bicyclic) bond motifs is 1. The van der Waals surface area contributed by atoms with Gasteiger partial charge >= 0.3 is 5.97 Å². The van der Waals surface area contributed by atoms with E-state index in [4.69, 9.17) is 19.6 Å². The fourth-order valence-electron chi connectivity index (χ4n) is 2.81. The van der Waals surface area contributed by atoms with Crippen LogP contribution < -0.4 is 5.73 Å². The van der Waals surface area contributed by atoms with Gasteiger partial charge in [-0.3, -0.25) is 9.59 Å². The molecule has 130 valence electrons. The highest BCUT2D eigenvalue weighted by atomic mass is 16.5. The van der Waals surface area contributed by atoms with Gasteiger partial charge < -0.3 is 19.6 Å². The third-order valence-corrected chi connectivity index (χ3v) is 4.09. The molecule has 0 fully saturated rings. The van der Waals surface area contributed by atoms with Gasteiger partial charge in [-0.2, -0.15) is 0 Å². The predicted molar refractivity (Wildman–Crippen MR) is 92.2 cm³/mol. The maximum absolute atomic E-state index is 11.7. The third kappa shape index (κ3) is 3.08. The molecule has 1 aromatic heterocycles. The van der Waals surface area contributed by atoms with Crippen LogP contribution in [0.25, 0.3) is 16.7 Å². The summed E-state index contributed by atoms with van der Waals surface area (Å²) in [5, 5.41) is 0.915. The van der Waals surface area contributed by atoms with Crippen molar-refractivity contribution in [3.05, 3.63) is 53.0 Å². The number of furan rings is 1. The summed E-state index contributed by atoms with van der Waals surface area (Å²) in [5.41, 5.74) is 7.26. The zero-order valence-corrected chi connectivity index (χ0v) is 14.1. The molecular formula is C19H19NO5. The van der Waals surface area contributed by atoms with Crippen LogP contribution in [0.3, 0.4) is 0 Å². The first-order valence-corrected chi connectivity index (χ1v) is 8.05. The van der Waals surface area contributed by atoms with Crippen LogP contribution in [0.4, 0.5) is 0 Å². The second-order valence-electron chi connectivity index (χ2n) is 5.67. The minimum absolute atomic E-state index is 0.250. The topological polar surface area (TPSA) is 91.8 Å². The summed E-state index contributed by atoms with van der Waals surface area (Å²) < 4.78 is 17.1. The average molecular weight is 341 g/mol. The van der Waals surface area contributed by atoms with E-state index in [0.29, 0.717) is 46.7 Å². The van der Waals surface area contributed by atoms with Gasteiger partial charge in [0.15, 0.2) is 23.9 Å². The van der Waals surface area contributed by atoms with Crippen molar-refractivity contribution in [1.82, 2.24) is 0 Å². The van der Waals surface area contributed by atoms with Crippen molar-refractivity contribution in [2.45, 2.75) is 26.4 Å². The third-order valence-electron chi connectivity index (χ3n) is 4.09. The van der Waals surface area contributed by atoms with Crippen molar-refractivity contribution in [1.29, 1.82) is 0 Å². The van der Waals surface area contributed by atoms with Gasteiger partial charge in [0.1, 0.15) is 11.3 Å². The number of allylic oxidation sites excluding steroid dienone is 1. The quantitative estimate of drug-likeness (QED) is 0.664.